The molecular weight excluding hydrogens is 118 g/mol. The molecule has 0 bridgehead atoms. The summed E-state index contributed by atoms with van der Waals surface area (Å²) in [4.78, 5) is 10.3. The van der Waals surface area contributed by atoms with Crippen molar-refractivity contribution in [2.24, 2.45) is 11.1 Å². The first-order chi connectivity index (χ1) is 3.98. The fourth-order valence-electron chi connectivity index (χ4n) is 0.495. The van der Waals surface area contributed by atoms with Gasteiger partial charge in [0, 0.05) is 11.8 Å². The van der Waals surface area contributed by atoms with Crippen molar-refractivity contribution in [2.45, 2.75) is 20.3 Å². The molecule has 0 spiro atoms. The Labute approximate surface area is 54.9 Å². The second-order valence-corrected chi connectivity index (χ2v) is 2.76. The summed E-state index contributed by atoms with van der Waals surface area (Å²) < 4.78 is 0. The van der Waals surface area contributed by atoms with Gasteiger partial charge in [-0.05, 0) is 0 Å². The van der Waals surface area contributed by atoms with Crippen LogP contribution in [-0.4, -0.2) is 11.0 Å². The molecule has 3 heteroatoms. The number of hydrogen-bond donors (Lipinski definition) is 2. The molecule has 0 rings (SSSR count). The molecule has 0 heterocycles. The van der Waals surface area contributed by atoms with E-state index in [2.05, 4.69) is 0 Å². The van der Waals surface area contributed by atoms with Crippen LogP contribution in [0.5, 0.6) is 0 Å². The number of carbonyl (C=O) groups excluding carboxylic acids is 1. The molecule has 0 aliphatic rings. The van der Waals surface area contributed by atoms with E-state index in [0.29, 0.717) is 0 Å². The van der Waals surface area contributed by atoms with Crippen molar-refractivity contribution < 1.29 is 9.90 Å². The van der Waals surface area contributed by atoms with E-state index in [9.17, 15) is 4.79 Å². The van der Waals surface area contributed by atoms with Crippen LogP contribution in [0, 0.1) is 12.0 Å². The molecule has 3 nitrogen and oxygen atoms in total. The normalized spacial score (nSPS) is 11.4. The molecule has 0 aliphatic heterocycles. The van der Waals surface area contributed by atoms with Crippen LogP contribution < -0.4 is 5.73 Å². The maximum atomic E-state index is 10.3. The molecule has 0 atom stereocenters. The molecule has 0 aromatic rings. The summed E-state index contributed by atoms with van der Waals surface area (Å²) in [6, 6.07) is 0. The number of aliphatic hydroxyl groups is 1. The zero-order chi connectivity index (χ0) is 7.49. The van der Waals surface area contributed by atoms with Crippen molar-refractivity contribution in [2.75, 3.05) is 0 Å². The topological polar surface area (TPSA) is 63.3 Å². The Balaban J connectivity index is 3.71. The van der Waals surface area contributed by atoms with Crippen LogP contribution in [0.1, 0.15) is 20.3 Å². The van der Waals surface area contributed by atoms with Crippen LogP contribution >= 0.6 is 0 Å². The minimum absolute atomic E-state index is 0.184. The smallest absolute Gasteiger partial charge is 0.218 e. The lowest BCUT2D eigenvalue weighted by Crippen LogP contribution is -2.22. The lowest BCUT2D eigenvalue weighted by atomic mass is 9.90. The van der Waals surface area contributed by atoms with E-state index in [0.717, 1.165) is 6.61 Å². The second-order valence-electron chi connectivity index (χ2n) is 2.76. The van der Waals surface area contributed by atoms with Gasteiger partial charge in [-0.3, -0.25) is 4.79 Å². The quantitative estimate of drug-likeness (QED) is 0.581. The summed E-state index contributed by atoms with van der Waals surface area (Å²) in [5, 5.41) is 8.51. The summed E-state index contributed by atoms with van der Waals surface area (Å²) in [7, 11) is 0. The predicted molar refractivity (Wildman–Crippen MR) is 33.8 cm³/mol. The minimum Gasteiger partial charge on any atom is -0.390 e. The average molecular weight is 130 g/mol. The van der Waals surface area contributed by atoms with Crippen molar-refractivity contribution in [1.29, 1.82) is 0 Å². The Hall–Kier alpha value is -0.570. The fraction of sp³-hybridized carbons (Fsp3) is 0.667. The number of nitrogens with two attached hydrogens (primary N) is 1. The summed E-state index contributed by atoms with van der Waals surface area (Å²) in [5.74, 6) is -0.398. The third-order valence-electron chi connectivity index (χ3n) is 0.979. The SMILES string of the molecule is CC(C)([CH]O)CC(N)=O. The van der Waals surface area contributed by atoms with Crippen LogP contribution in [0.15, 0.2) is 0 Å². The van der Waals surface area contributed by atoms with E-state index in [4.69, 9.17) is 10.8 Å². The van der Waals surface area contributed by atoms with Crippen molar-refractivity contribution >= 4 is 5.91 Å². The summed E-state index contributed by atoms with van der Waals surface area (Å²) >= 11 is 0. The first-order valence-corrected chi connectivity index (χ1v) is 2.75. The number of amides is 1. The lowest BCUT2D eigenvalue weighted by Gasteiger charge is -2.17. The Morgan fingerprint density at radius 2 is 2.22 bits per heavy atom. The fourth-order valence-corrected chi connectivity index (χ4v) is 0.495. The molecule has 0 saturated heterocycles. The van der Waals surface area contributed by atoms with Gasteiger partial charge in [-0.2, -0.15) is 0 Å². The molecule has 0 aromatic carbocycles. The Kier molecular flexibility index (Phi) is 2.65. The van der Waals surface area contributed by atoms with E-state index in [1.807, 2.05) is 0 Å². The highest BCUT2D eigenvalue weighted by Crippen LogP contribution is 2.20. The maximum Gasteiger partial charge on any atom is 0.218 e. The van der Waals surface area contributed by atoms with E-state index in [1.54, 1.807) is 13.8 Å². The first kappa shape index (κ1) is 8.43. The number of aliphatic hydroxyl groups excluding tert-OH is 1. The first-order valence-electron chi connectivity index (χ1n) is 2.75. The average Bonchev–Trinajstić information content (AvgIpc) is 1.63. The second kappa shape index (κ2) is 2.82. The van der Waals surface area contributed by atoms with Gasteiger partial charge in [0.1, 0.15) is 0 Å². The van der Waals surface area contributed by atoms with Crippen LogP contribution in [0.25, 0.3) is 0 Å². The van der Waals surface area contributed by atoms with Crippen LogP contribution in [0.4, 0.5) is 0 Å². The van der Waals surface area contributed by atoms with Crippen LogP contribution in [0.3, 0.4) is 0 Å². The summed E-state index contributed by atoms with van der Waals surface area (Å²) in [6.07, 6.45) is 0.184. The summed E-state index contributed by atoms with van der Waals surface area (Å²) in [6.45, 7) is 4.45. The van der Waals surface area contributed by atoms with Crippen molar-refractivity contribution in [3.63, 3.8) is 0 Å². The zero-order valence-electron chi connectivity index (χ0n) is 5.72. The predicted octanol–water partition coefficient (Wildman–Crippen LogP) is 0.422. The van der Waals surface area contributed by atoms with E-state index >= 15 is 0 Å². The molecule has 0 saturated carbocycles. The molecule has 9 heavy (non-hydrogen) atoms. The Bertz CT molecular complexity index is 110. The van der Waals surface area contributed by atoms with Crippen molar-refractivity contribution in [3.05, 3.63) is 6.61 Å². The number of carbonyl (C=O) groups is 1. The van der Waals surface area contributed by atoms with Gasteiger partial charge in [-0.25, -0.2) is 0 Å². The van der Waals surface area contributed by atoms with Gasteiger partial charge in [0.05, 0.1) is 6.61 Å². The maximum absolute atomic E-state index is 10.3. The van der Waals surface area contributed by atoms with Gasteiger partial charge in [0.25, 0.3) is 0 Å². The lowest BCUT2D eigenvalue weighted by molar-refractivity contribution is -0.119. The Morgan fingerprint density at radius 3 is 2.33 bits per heavy atom. The van der Waals surface area contributed by atoms with Gasteiger partial charge in [-0.1, -0.05) is 13.8 Å². The van der Waals surface area contributed by atoms with Gasteiger partial charge in [0.15, 0.2) is 0 Å². The third-order valence-corrected chi connectivity index (χ3v) is 0.979. The molecule has 1 amide bonds. The molecule has 0 unspecified atom stereocenters. The molecule has 0 aliphatic carbocycles. The number of primary amides is 1. The molecule has 3 N–H and O–H groups in total. The zero-order valence-corrected chi connectivity index (χ0v) is 5.72. The van der Waals surface area contributed by atoms with Crippen molar-refractivity contribution in [1.82, 2.24) is 0 Å². The molecule has 1 radical (unpaired) electrons. The van der Waals surface area contributed by atoms with E-state index < -0.39 is 11.3 Å². The number of hydrogen-bond acceptors (Lipinski definition) is 2. The monoisotopic (exact) mass is 130 g/mol. The minimum atomic E-state index is -0.480. The van der Waals surface area contributed by atoms with Gasteiger partial charge < -0.3 is 10.8 Å². The van der Waals surface area contributed by atoms with Crippen molar-refractivity contribution in [3.8, 4) is 0 Å². The van der Waals surface area contributed by atoms with E-state index in [-0.39, 0.29) is 6.42 Å². The standard InChI is InChI=1S/C6H12NO2/c1-6(2,4-8)3-5(7)9/h4,8H,3H2,1-2H3,(H2,7,9). The van der Waals surface area contributed by atoms with Gasteiger partial charge in [0.2, 0.25) is 5.91 Å². The van der Waals surface area contributed by atoms with Crippen LogP contribution in [0.2, 0.25) is 0 Å². The molecular formula is C6H12NO2. The number of rotatable bonds is 3. The van der Waals surface area contributed by atoms with Crippen LogP contribution in [-0.2, 0) is 4.79 Å². The largest absolute Gasteiger partial charge is 0.390 e. The summed E-state index contributed by atoms with van der Waals surface area (Å²) in [5.41, 5.74) is 4.40. The molecule has 53 valence electrons. The highest BCUT2D eigenvalue weighted by atomic mass is 16.3. The molecule has 0 fully saturated rings. The van der Waals surface area contributed by atoms with E-state index in [1.165, 1.54) is 0 Å². The highest BCUT2D eigenvalue weighted by Gasteiger charge is 2.19. The highest BCUT2D eigenvalue weighted by molar-refractivity contribution is 5.74. The molecule has 0 aromatic heterocycles. The third kappa shape index (κ3) is 3.97. The Morgan fingerprint density at radius 1 is 1.78 bits per heavy atom. The van der Waals surface area contributed by atoms with Gasteiger partial charge in [-0.15, -0.1) is 0 Å². The van der Waals surface area contributed by atoms with Gasteiger partial charge >= 0.3 is 0 Å².